The van der Waals surface area contributed by atoms with E-state index in [1.165, 1.54) is 12.1 Å². The number of aromatic nitrogens is 2. The molecule has 3 aromatic rings. The molecule has 1 N–H and O–H groups in total. The van der Waals surface area contributed by atoms with E-state index in [9.17, 15) is 9.50 Å². The van der Waals surface area contributed by atoms with Gasteiger partial charge in [0.1, 0.15) is 22.9 Å². The summed E-state index contributed by atoms with van der Waals surface area (Å²) in [7, 11) is 0. The van der Waals surface area contributed by atoms with Crippen LogP contribution in [0, 0.1) is 5.82 Å². The van der Waals surface area contributed by atoms with E-state index in [0.29, 0.717) is 11.3 Å². The Kier molecular flexibility index (Phi) is 3.30. The summed E-state index contributed by atoms with van der Waals surface area (Å²) in [5.74, 6) is 0.0816. The van der Waals surface area contributed by atoms with Crippen molar-refractivity contribution < 1.29 is 14.2 Å². The molecule has 4 nitrogen and oxygen atoms in total. The number of imidazole rings is 1. The van der Waals surface area contributed by atoms with Crippen LogP contribution in [0.25, 0.3) is 5.65 Å². The van der Waals surface area contributed by atoms with Crippen molar-refractivity contribution in [1.82, 2.24) is 9.38 Å². The standard InChI is InChI=1S/C14H10ClFN2O2/c15-10-7-9(16)4-5-12(10)20-14-11(8-19)18-6-2-1-3-13(18)17-14/h1-7,19H,8H2. The van der Waals surface area contributed by atoms with Crippen molar-refractivity contribution >= 4 is 17.2 Å². The number of ether oxygens (including phenoxy) is 1. The molecule has 0 aliphatic rings. The van der Waals surface area contributed by atoms with Crippen LogP contribution in [0.3, 0.4) is 0 Å². The Morgan fingerprint density at radius 3 is 2.90 bits per heavy atom. The van der Waals surface area contributed by atoms with Gasteiger partial charge in [0.15, 0.2) is 0 Å². The molecule has 0 atom stereocenters. The molecule has 0 fully saturated rings. The second kappa shape index (κ2) is 5.11. The maximum absolute atomic E-state index is 13.0. The van der Waals surface area contributed by atoms with Gasteiger partial charge in [-0.2, -0.15) is 4.98 Å². The molecule has 102 valence electrons. The molecule has 0 aliphatic heterocycles. The first-order chi connectivity index (χ1) is 9.69. The van der Waals surface area contributed by atoms with E-state index >= 15 is 0 Å². The zero-order valence-corrected chi connectivity index (χ0v) is 11.0. The van der Waals surface area contributed by atoms with Gasteiger partial charge in [0.05, 0.1) is 11.6 Å². The van der Waals surface area contributed by atoms with E-state index in [1.54, 1.807) is 16.7 Å². The van der Waals surface area contributed by atoms with Gasteiger partial charge in [0.25, 0.3) is 0 Å². The fourth-order valence-electron chi connectivity index (χ4n) is 1.91. The molecular formula is C14H10ClFN2O2. The van der Waals surface area contributed by atoms with Gasteiger partial charge in [-0.05, 0) is 30.3 Å². The van der Waals surface area contributed by atoms with Crippen LogP contribution in [0.2, 0.25) is 5.02 Å². The summed E-state index contributed by atoms with van der Waals surface area (Å²) in [6.07, 6.45) is 1.77. The molecule has 0 bridgehead atoms. The summed E-state index contributed by atoms with van der Waals surface area (Å²) < 4.78 is 20.3. The SMILES string of the molecule is OCc1c(Oc2ccc(F)cc2Cl)nc2ccccn12. The highest BCUT2D eigenvalue weighted by molar-refractivity contribution is 6.32. The van der Waals surface area contributed by atoms with Crippen LogP contribution in [-0.4, -0.2) is 14.5 Å². The lowest BCUT2D eigenvalue weighted by Gasteiger charge is -2.06. The Bertz CT molecular complexity index is 773. The lowest BCUT2D eigenvalue weighted by molar-refractivity contribution is 0.269. The largest absolute Gasteiger partial charge is 0.436 e. The van der Waals surface area contributed by atoms with E-state index in [-0.39, 0.29) is 23.3 Å². The van der Waals surface area contributed by atoms with Crippen molar-refractivity contribution in [3.05, 3.63) is 59.1 Å². The van der Waals surface area contributed by atoms with Gasteiger partial charge in [0.2, 0.25) is 5.88 Å². The van der Waals surface area contributed by atoms with Gasteiger partial charge in [-0.3, -0.25) is 4.40 Å². The van der Waals surface area contributed by atoms with Gasteiger partial charge in [-0.25, -0.2) is 4.39 Å². The van der Waals surface area contributed by atoms with Crippen molar-refractivity contribution in [3.8, 4) is 11.6 Å². The van der Waals surface area contributed by atoms with Crippen molar-refractivity contribution in [2.24, 2.45) is 0 Å². The van der Waals surface area contributed by atoms with Gasteiger partial charge >= 0.3 is 0 Å². The second-order valence-corrected chi connectivity index (χ2v) is 4.53. The highest BCUT2D eigenvalue weighted by Gasteiger charge is 2.14. The molecule has 0 saturated heterocycles. The predicted molar refractivity (Wildman–Crippen MR) is 72.6 cm³/mol. The number of rotatable bonds is 3. The first-order valence-electron chi connectivity index (χ1n) is 5.89. The quantitative estimate of drug-likeness (QED) is 0.804. The van der Waals surface area contributed by atoms with E-state index in [0.717, 1.165) is 6.07 Å². The average Bonchev–Trinajstić information content (AvgIpc) is 2.79. The topological polar surface area (TPSA) is 46.8 Å². The predicted octanol–water partition coefficient (Wildman–Crippen LogP) is 3.41. The number of halogens is 2. The molecule has 0 amide bonds. The van der Waals surface area contributed by atoms with E-state index in [4.69, 9.17) is 16.3 Å². The fourth-order valence-corrected chi connectivity index (χ4v) is 2.12. The van der Waals surface area contributed by atoms with E-state index in [2.05, 4.69) is 4.98 Å². The molecule has 2 heterocycles. The van der Waals surface area contributed by atoms with Gasteiger partial charge < -0.3 is 9.84 Å². The minimum atomic E-state index is -0.445. The number of aliphatic hydroxyl groups is 1. The van der Waals surface area contributed by atoms with Crippen LogP contribution < -0.4 is 4.74 Å². The molecule has 0 saturated carbocycles. The van der Waals surface area contributed by atoms with Crippen molar-refractivity contribution in [2.75, 3.05) is 0 Å². The third-order valence-corrected chi connectivity index (χ3v) is 3.14. The number of hydrogen-bond donors (Lipinski definition) is 1. The minimum Gasteiger partial charge on any atom is -0.436 e. The Balaban J connectivity index is 2.06. The third-order valence-electron chi connectivity index (χ3n) is 2.84. The van der Waals surface area contributed by atoms with Crippen molar-refractivity contribution in [3.63, 3.8) is 0 Å². The maximum atomic E-state index is 13.0. The summed E-state index contributed by atoms with van der Waals surface area (Å²) >= 11 is 5.91. The van der Waals surface area contributed by atoms with Crippen LogP contribution in [-0.2, 0) is 6.61 Å². The van der Waals surface area contributed by atoms with Crippen LogP contribution in [0.1, 0.15) is 5.69 Å². The lowest BCUT2D eigenvalue weighted by Crippen LogP contribution is -1.95. The molecule has 0 spiro atoms. The summed E-state index contributed by atoms with van der Waals surface area (Å²) in [5.41, 5.74) is 1.14. The smallest absolute Gasteiger partial charge is 0.243 e. The molecule has 1 aromatic carbocycles. The zero-order valence-electron chi connectivity index (χ0n) is 10.3. The summed E-state index contributed by atoms with van der Waals surface area (Å²) in [6, 6.07) is 9.27. The molecule has 6 heteroatoms. The summed E-state index contributed by atoms with van der Waals surface area (Å²) in [5, 5.41) is 9.61. The van der Waals surface area contributed by atoms with Crippen LogP contribution in [0.15, 0.2) is 42.6 Å². The van der Waals surface area contributed by atoms with Gasteiger partial charge in [-0.15, -0.1) is 0 Å². The normalized spacial score (nSPS) is 10.9. The van der Waals surface area contributed by atoms with Crippen molar-refractivity contribution in [2.45, 2.75) is 6.61 Å². The Morgan fingerprint density at radius 1 is 1.30 bits per heavy atom. The highest BCUT2D eigenvalue weighted by Crippen LogP contribution is 2.31. The maximum Gasteiger partial charge on any atom is 0.243 e. The Hall–Kier alpha value is -2.11. The van der Waals surface area contributed by atoms with Gasteiger partial charge in [-0.1, -0.05) is 17.7 Å². The third kappa shape index (κ3) is 2.21. The molecule has 20 heavy (non-hydrogen) atoms. The Labute approximate surface area is 119 Å². The summed E-state index contributed by atoms with van der Waals surface area (Å²) in [6.45, 7) is -0.237. The molecule has 0 radical (unpaired) electrons. The monoisotopic (exact) mass is 292 g/mol. The van der Waals surface area contributed by atoms with Crippen LogP contribution in [0.4, 0.5) is 4.39 Å². The number of pyridine rings is 1. The molecule has 0 aliphatic carbocycles. The number of fused-ring (bicyclic) bond motifs is 1. The van der Waals surface area contributed by atoms with Gasteiger partial charge in [0, 0.05) is 6.20 Å². The zero-order chi connectivity index (χ0) is 14.1. The molecule has 2 aromatic heterocycles. The fraction of sp³-hybridized carbons (Fsp3) is 0.0714. The molecule has 3 rings (SSSR count). The Morgan fingerprint density at radius 2 is 2.15 bits per heavy atom. The lowest BCUT2D eigenvalue weighted by atomic mass is 10.3. The average molecular weight is 293 g/mol. The first-order valence-corrected chi connectivity index (χ1v) is 6.26. The van der Waals surface area contributed by atoms with Crippen LogP contribution in [0.5, 0.6) is 11.6 Å². The number of benzene rings is 1. The van der Waals surface area contributed by atoms with E-state index < -0.39 is 5.82 Å². The number of hydrogen-bond acceptors (Lipinski definition) is 3. The number of nitrogens with zero attached hydrogens (tertiary/aromatic N) is 2. The first kappa shape index (κ1) is 12.9. The molecule has 0 unspecified atom stereocenters. The molecular weight excluding hydrogens is 283 g/mol. The summed E-state index contributed by atoms with van der Waals surface area (Å²) in [4.78, 5) is 4.27. The number of aliphatic hydroxyl groups excluding tert-OH is 1. The van der Waals surface area contributed by atoms with Crippen LogP contribution >= 0.6 is 11.6 Å². The minimum absolute atomic E-state index is 0.144. The second-order valence-electron chi connectivity index (χ2n) is 4.13. The van der Waals surface area contributed by atoms with E-state index in [1.807, 2.05) is 12.1 Å². The highest BCUT2D eigenvalue weighted by atomic mass is 35.5. The van der Waals surface area contributed by atoms with Crippen molar-refractivity contribution in [1.29, 1.82) is 0 Å².